The number of nitrogens with zero attached hydrogens (tertiary/aromatic N) is 4. The zero-order chi connectivity index (χ0) is 17.1. The standard InChI is InChI=1S/C19H28N4O/c1-5-23-10-6-7-15(13-23)12-22(3)19-20-14(2)17-9-8-16(24-4)11-18(17)21-19/h8-9,11,15H,5-7,10,12-13H2,1-4H3. The largest absolute Gasteiger partial charge is 0.497 e. The van der Waals surface area contributed by atoms with Gasteiger partial charge in [-0.3, -0.25) is 0 Å². The minimum atomic E-state index is 0.689. The first-order valence-electron chi connectivity index (χ1n) is 8.86. The number of benzene rings is 1. The SMILES string of the molecule is CCN1CCCC(CN(C)c2nc(C)c3ccc(OC)cc3n2)C1. The zero-order valence-electron chi connectivity index (χ0n) is 15.2. The molecule has 1 atom stereocenters. The first kappa shape index (κ1) is 17.0. The Bertz CT molecular complexity index is 703. The van der Waals surface area contributed by atoms with Crippen molar-refractivity contribution in [2.45, 2.75) is 26.7 Å². The van der Waals surface area contributed by atoms with Crippen LogP contribution in [0.3, 0.4) is 0 Å². The van der Waals surface area contributed by atoms with Gasteiger partial charge in [-0.1, -0.05) is 6.92 Å². The second-order valence-electron chi connectivity index (χ2n) is 6.77. The number of methoxy groups -OCH3 is 1. The second kappa shape index (κ2) is 7.34. The topological polar surface area (TPSA) is 41.5 Å². The summed E-state index contributed by atoms with van der Waals surface area (Å²) in [5, 5.41) is 1.09. The third kappa shape index (κ3) is 3.61. The lowest BCUT2D eigenvalue weighted by atomic mass is 9.97. The molecule has 1 fully saturated rings. The number of piperidine rings is 1. The van der Waals surface area contributed by atoms with E-state index in [1.54, 1.807) is 7.11 Å². The van der Waals surface area contributed by atoms with Crippen LogP contribution in [-0.4, -0.2) is 55.2 Å². The Hall–Kier alpha value is -1.88. The van der Waals surface area contributed by atoms with Crippen LogP contribution in [0.4, 0.5) is 5.95 Å². The van der Waals surface area contributed by atoms with Crippen LogP contribution in [0.1, 0.15) is 25.5 Å². The molecule has 0 N–H and O–H groups in total. The van der Waals surface area contributed by atoms with Crippen LogP contribution in [0, 0.1) is 12.8 Å². The monoisotopic (exact) mass is 328 g/mol. The van der Waals surface area contributed by atoms with Gasteiger partial charge in [0.2, 0.25) is 5.95 Å². The summed E-state index contributed by atoms with van der Waals surface area (Å²) in [5.41, 5.74) is 1.96. The van der Waals surface area contributed by atoms with Crippen molar-refractivity contribution in [3.05, 3.63) is 23.9 Å². The van der Waals surface area contributed by atoms with E-state index >= 15 is 0 Å². The lowest BCUT2D eigenvalue weighted by Gasteiger charge is -2.34. The molecular formula is C19H28N4O. The van der Waals surface area contributed by atoms with Crippen molar-refractivity contribution in [3.63, 3.8) is 0 Å². The third-order valence-electron chi connectivity index (χ3n) is 5.01. The molecule has 1 unspecified atom stereocenters. The van der Waals surface area contributed by atoms with Crippen LogP contribution in [-0.2, 0) is 0 Å². The molecule has 0 amide bonds. The number of anilines is 1. The van der Waals surface area contributed by atoms with Crippen LogP contribution < -0.4 is 9.64 Å². The second-order valence-corrected chi connectivity index (χ2v) is 6.77. The highest BCUT2D eigenvalue weighted by atomic mass is 16.5. The molecule has 5 heteroatoms. The number of aromatic nitrogens is 2. The van der Waals surface area contributed by atoms with Gasteiger partial charge >= 0.3 is 0 Å². The number of hydrogen-bond acceptors (Lipinski definition) is 5. The summed E-state index contributed by atoms with van der Waals surface area (Å²) < 4.78 is 5.33. The van der Waals surface area contributed by atoms with Crippen molar-refractivity contribution in [2.75, 3.05) is 45.2 Å². The molecule has 0 aliphatic carbocycles. The summed E-state index contributed by atoms with van der Waals surface area (Å²) in [6.07, 6.45) is 2.59. The third-order valence-corrected chi connectivity index (χ3v) is 5.01. The highest BCUT2D eigenvalue weighted by molar-refractivity contribution is 5.83. The molecule has 5 nitrogen and oxygen atoms in total. The Morgan fingerprint density at radius 1 is 1.33 bits per heavy atom. The van der Waals surface area contributed by atoms with Gasteiger partial charge in [0.15, 0.2) is 0 Å². The molecule has 1 aliphatic heterocycles. The molecule has 0 bridgehead atoms. The van der Waals surface area contributed by atoms with E-state index < -0.39 is 0 Å². The number of rotatable bonds is 5. The van der Waals surface area contributed by atoms with E-state index in [0.29, 0.717) is 5.92 Å². The molecule has 1 aromatic carbocycles. The molecule has 0 spiro atoms. The van der Waals surface area contributed by atoms with Gasteiger partial charge in [0.25, 0.3) is 0 Å². The van der Waals surface area contributed by atoms with Crippen molar-refractivity contribution in [2.24, 2.45) is 5.92 Å². The minimum absolute atomic E-state index is 0.689. The molecule has 2 aromatic rings. The highest BCUT2D eigenvalue weighted by Crippen LogP contribution is 2.24. The Labute approximate surface area is 144 Å². The predicted molar refractivity (Wildman–Crippen MR) is 98.9 cm³/mol. The van der Waals surface area contributed by atoms with Crippen LogP contribution >= 0.6 is 0 Å². The maximum atomic E-state index is 5.33. The van der Waals surface area contributed by atoms with Crippen LogP contribution in [0.2, 0.25) is 0 Å². The molecule has 1 aliphatic rings. The Morgan fingerprint density at radius 2 is 2.17 bits per heavy atom. The Kier molecular flexibility index (Phi) is 5.19. The summed E-state index contributed by atoms with van der Waals surface area (Å²) in [6.45, 7) is 8.86. The molecule has 130 valence electrons. The lowest BCUT2D eigenvalue weighted by molar-refractivity contribution is 0.185. The smallest absolute Gasteiger partial charge is 0.225 e. The predicted octanol–water partition coefficient (Wildman–Crippen LogP) is 3.11. The van der Waals surface area contributed by atoms with E-state index in [2.05, 4.69) is 23.8 Å². The Balaban J connectivity index is 1.80. The summed E-state index contributed by atoms with van der Waals surface area (Å²) >= 11 is 0. The average Bonchev–Trinajstić information content (AvgIpc) is 2.61. The molecule has 3 rings (SSSR count). The van der Waals surface area contributed by atoms with Crippen LogP contribution in [0.5, 0.6) is 5.75 Å². The van der Waals surface area contributed by atoms with E-state index in [0.717, 1.165) is 41.4 Å². The van der Waals surface area contributed by atoms with Crippen LogP contribution in [0.25, 0.3) is 10.9 Å². The van der Waals surface area contributed by atoms with E-state index in [1.165, 1.54) is 25.9 Å². The summed E-state index contributed by atoms with van der Waals surface area (Å²) in [4.78, 5) is 14.2. The molecule has 1 saturated heterocycles. The molecular weight excluding hydrogens is 300 g/mol. The Morgan fingerprint density at radius 3 is 2.92 bits per heavy atom. The van der Waals surface area contributed by atoms with E-state index in [9.17, 15) is 0 Å². The number of hydrogen-bond donors (Lipinski definition) is 0. The van der Waals surface area contributed by atoms with Gasteiger partial charge in [-0.25, -0.2) is 9.97 Å². The van der Waals surface area contributed by atoms with Gasteiger partial charge in [0.05, 0.1) is 18.3 Å². The zero-order valence-corrected chi connectivity index (χ0v) is 15.2. The van der Waals surface area contributed by atoms with E-state index in [4.69, 9.17) is 14.7 Å². The number of fused-ring (bicyclic) bond motifs is 1. The fourth-order valence-corrected chi connectivity index (χ4v) is 3.61. The van der Waals surface area contributed by atoms with Gasteiger partial charge in [0.1, 0.15) is 5.75 Å². The number of ether oxygens (including phenoxy) is 1. The van der Waals surface area contributed by atoms with Gasteiger partial charge in [-0.15, -0.1) is 0 Å². The fourth-order valence-electron chi connectivity index (χ4n) is 3.61. The minimum Gasteiger partial charge on any atom is -0.497 e. The normalized spacial score (nSPS) is 18.8. The average molecular weight is 328 g/mol. The first-order chi connectivity index (χ1) is 11.6. The van der Waals surface area contributed by atoms with Gasteiger partial charge < -0.3 is 14.5 Å². The van der Waals surface area contributed by atoms with Gasteiger partial charge in [-0.2, -0.15) is 0 Å². The van der Waals surface area contributed by atoms with Gasteiger partial charge in [0, 0.05) is 31.6 Å². The maximum absolute atomic E-state index is 5.33. The molecule has 24 heavy (non-hydrogen) atoms. The molecule has 2 heterocycles. The van der Waals surface area contributed by atoms with Gasteiger partial charge in [-0.05, 0) is 50.9 Å². The maximum Gasteiger partial charge on any atom is 0.225 e. The number of likely N-dealkylation sites (tertiary alicyclic amines) is 1. The molecule has 0 saturated carbocycles. The lowest BCUT2D eigenvalue weighted by Crippen LogP contribution is -2.40. The summed E-state index contributed by atoms with van der Waals surface area (Å²) in [6, 6.07) is 5.98. The van der Waals surface area contributed by atoms with Crippen LogP contribution in [0.15, 0.2) is 18.2 Å². The number of aryl methyl sites for hydroxylation is 1. The first-order valence-corrected chi connectivity index (χ1v) is 8.86. The van der Waals surface area contributed by atoms with Crippen molar-refractivity contribution < 1.29 is 4.74 Å². The van der Waals surface area contributed by atoms with Crippen molar-refractivity contribution in [1.82, 2.24) is 14.9 Å². The van der Waals surface area contributed by atoms with Crippen molar-refractivity contribution in [3.8, 4) is 5.75 Å². The van der Waals surface area contributed by atoms with E-state index in [1.807, 2.05) is 25.1 Å². The molecule has 1 aromatic heterocycles. The van der Waals surface area contributed by atoms with Crippen molar-refractivity contribution in [1.29, 1.82) is 0 Å². The fraction of sp³-hybridized carbons (Fsp3) is 0.579. The summed E-state index contributed by atoms with van der Waals surface area (Å²) in [7, 11) is 3.79. The quantitative estimate of drug-likeness (QED) is 0.843. The van der Waals surface area contributed by atoms with E-state index in [-0.39, 0.29) is 0 Å². The van der Waals surface area contributed by atoms with Crippen molar-refractivity contribution >= 4 is 16.9 Å². The highest BCUT2D eigenvalue weighted by Gasteiger charge is 2.21. The molecule has 0 radical (unpaired) electrons. The summed E-state index contributed by atoms with van der Waals surface area (Å²) in [5.74, 6) is 2.33.